The van der Waals surface area contributed by atoms with Gasteiger partial charge in [0.05, 0.1) is 23.6 Å². The first-order valence-electron chi connectivity index (χ1n) is 7.52. The second kappa shape index (κ2) is 6.66. The van der Waals surface area contributed by atoms with Crippen LogP contribution >= 0.6 is 22.7 Å². The monoisotopic (exact) mass is 343 g/mol. The highest BCUT2D eigenvalue weighted by Gasteiger charge is 2.13. The Hall–Kier alpha value is -1.96. The molecule has 1 aliphatic heterocycles. The van der Waals surface area contributed by atoms with Crippen LogP contribution in [0.2, 0.25) is 0 Å². The molecule has 0 saturated heterocycles. The van der Waals surface area contributed by atoms with Gasteiger partial charge in [-0.15, -0.1) is 11.3 Å². The van der Waals surface area contributed by atoms with Crippen LogP contribution in [0.3, 0.4) is 0 Å². The van der Waals surface area contributed by atoms with E-state index in [0.717, 1.165) is 36.2 Å². The molecule has 0 fully saturated rings. The minimum Gasteiger partial charge on any atom is -0.343 e. The lowest BCUT2D eigenvalue weighted by Crippen LogP contribution is -2.46. The zero-order valence-electron chi connectivity index (χ0n) is 12.5. The Labute approximate surface area is 142 Å². The number of thiazole rings is 1. The zero-order chi connectivity index (χ0) is 15.5. The number of guanidine groups is 1. The summed E-state index contributed by atoms with van der Waals surface area (Å²) in [6.07, 6.45) is 1.08. The predicted octanol–water partition coefficient (Wildman–Crippen LogP) is 3.19. The molecule has 0 bridgehead atoms. The van der Waals surface area contributed by atoms with Crippen LogP contribution in [0.25, 0.3) is 10.2 Å². The molecule has 23 heavy (non-hydrogen) atoms. The van der Waals surface area contributed by atoms with E-state index in [1.807, 2.05) is 29.5 Å². The van der Waals surface area contributed by atoms with E-state index in [0.29, 0.717) is 6.67 Å². The van der Waals surface area contributed by atoms with E-state index in [1.54, 1.807) is 11.3 Å². The second-order valence-corrected chi connectivity index (χ2v) is 7.38. The summed E-state index contributed by atoms with van der Waals surface area (Å²) in [4.78, 5) is 12.9. The van der Waals surface area contributed by atoms with Crippen molar-refractivity contribution in [2.24, 2.45) is 4.99 Å². The lowest BCUT2D eigenvalue weighted by atomic mass is 10.3. The summed E-state index contributed by atoms with van der Waals surface area (Å²) in [5, 5.41) is 9.62. The molecular formula is C16H17N5S2. The molecule has 3 aromatic rings. The molecule has 3 heterocycles. The number of benzene rings is 1. The molecule has 0 atom stereocenters. The molecule has 118 valence electrons. The third kappa shape index (κ3) is 3.52. The molecule has 5 nitrogen and oxygen atoms in total. The number of fused-ring (bicyclic) bond motifs is 1. The summed E-state index contributed by atoms with van der Waals surface area (Å²) in [5.41, 5.74) is 1.02. The summed E-state index contributed by atoms with van der Waals surface area (Å²) < 4.78 is 1.18. The quantitative estimate of drug-likeness (QED) is 0.764. The number of thiophene rings is 1. The van der Waals surface area contributed by atoms with Gasteiger partial charge < -0.3 is 10.6 Å². The average molecular weight is 343 g/mol. The van der Waals surface area contributed by atoms with Crippen LogP contribution < -0.4 is 10.6 Å². The number of aliphatic imine (C=N–C) groups is 1. The van der Waals surface area contributed by atoms with E-state index in [2.05, 4.69) is 49.1 Å². The normalized spacial score (nSPS) is 15.4. The van der Waals surface area contributed by atoms with Gasteiger partial charge in [0.1, 0.15) is 0 Å². The molecule has 2 aromatic heterocycles. The van der Waals surface area contributed by atoms with Crippen molar-refractivity contribution in [3.8, 4) is 0 Å². The van der Waals surface area contributed by atoms with E-state index in [9.17, 15) is 0 Å². The van der Waals surface area contributed by atoms with Gasteiger partial charge in [0, 0.05) is 11.4 Å². The van der Waals surface area contributed by atoms with Crippen LogP contribution in [0.5, 0.6) is 0 Å². The van der Waals surface area contributed by atoms with Crippen LogP contribution in [0.15, 0.2) is 46.8 Å². The van der Waals surface area contributed by atoms with Crippen LogP contribution in [0, 0.1) is 0 Å². The molecule has 0 amide bonds. The lowest BCUT2D eigenvalue weighted by Gasteiger charge is -2.26. The fraction of sp³-hybridized carbons (Fsp3) is 0.250. The van der Waals surface area contributed by atoms with Gasteiger partial charge in [-0.2, -0.15) is 0 Å². The van der Waals surface area contributed by atoms with Crippen molar-refractivity contribution in [3.05, 3.63) is 46.7 Å². The highest BCUT2D eigenvalue weighted by atomic mass is 32.1. The van der Waals surface area contributed by atoms with Gasteiger partial charge in [-0.05, 0) is 30.0 Å². The minimum absolute atomic E-state index is 0.714. The van der Waals surface area contributed by atoms with Crippen molar-refractivity contribution >= 4 is 44.0 Å². The number of rotatable bonds is 4. The molecule has 4 rings (SSSR count). The van der Waals surface area contributed by atoms with Crippen LogP contribution in [-0.2, 0) is 6.42 Å². The van der Waals surface area contributed by atoms with Gasteiger partial charge >= 0.3 is 0 Å². The van der Waals surface area contributed by atoms with Crippen molar-refractivity contribution in [3.63, 3.8) is 0 Å². The lowest BCUT2D eigenvalue weighted by molar-refractivity contribution is 0.269. The summed E-state index contributed by atoms with van der Waals surface area (Å²) in [6.45, 7) is 2.54. The molecule has 0 unspecified atom stereocenters. The minimum atomic E-state index is 0.714. The molecule has 1 aromatic carbocycles. The first kappa shape index (κ1) is 14.6. The van der Waals surface area contributed by atoms with E-state index in [1.165, 1.54) is 9.58 Å². The third-order valence-corrected chi connectivity index (χ3v) is 5.56. The number of para-hydroxylation sites is 1. The Morgan fingerprint density at radius 3 is 2.96 bits per heavy atom. The van der Waals surface area contributed by atoms with Crippen LogP contribution in [0.4, 0.5) is 5.13 Å². The number of hydrogen-bond donors (Lipinski definition) is 2. The van der Waals surface area contributed by atoms with Crippen molar-refractivity contribution < 1.29 is 0 Å². The summed E-state index contributed by atoms with van der Waals surface area (Å²) >= 11 is 3.46. The highest BCUT2D eigenvalue weighted by molar-refractivity contribution is 7.22. The van der Waals surface area contributed by atoms with Crippen molar-refractivity contribution in [2.75, 3.05) is 25.2 Å². The maximum absolute atomic E-state index is 4.57. The number of nitrogens with zero attached hydrogens (tertiary/aromatic N) is 3. The van der Waals surface area contributed by atoms with Gasteiger partial charge in [0.2, 0.25) is 0 Å². The molecule has 0 aliphatic carbocycles. The standard InChI is InChI=1S/C16H17N5S2/c1-2-6-14-13(5-1)19-16(23-14)20-15-17-10-21(11-18-15)8-7-12-4-3-9-22-12/h1-6,9H,7-8,10-11H2,(H2,17,18,19,20). The van der Waals surface area contributed by atoms with Crippen molar-refractivity contribution in [2.45, 2.75) is 6.42 Å². The van der Waals surface area contributed by atoms with Crippen molar-refractivity contribution in [1.29, 1.82) is 0 Å². The Balaban J connectivity index is 1.34. The maximum Gasteiger partial charge on any atom is 0.199 e. The third-order valence-electron chi connectivity index (χ3n) is 3.67. The van der Waals surface area contributed by atoms with Gasteiger partial charge in [-0.25, -0.2) is 9.98 Å². The molecule has 7 heteroatoms. The van der Waals surface area contributed by atoms with Gasteiger partial charge in [0.15, 0.2) is 11.1 Å². The molecule has 0 spiro atoms. The van der Waals surface area contributed by atoms with Gasteiger partial charge in [0.25, 0.3) is 0 Å². The summed E-state index contributed by atoms with van der Waals surface area (Å²) in [5.74, 6) is 0.802. The van der Waals surface area contributed by atoms with E-state index < -0.39 is 0 Å². The van der Waals surface area contributed by atoms with Crippen LogP contribution in [0.1, 0.15) is 4.88 Å². The molecule has 1 aliphatic rings. The Morgan fingerprint density at radius 2 is 2.17 bits per heavy atom. The SMILES string of the molecule is c1csc(CCN2CN=C(Nc3nc4ccccc4s3)NC2)c1. The Morgan fingerprint density at radius 1 is 1.22 bits per heavy atom. The van der Waals surface area contributed by atoms with Crippen molar-refractivity contribution in [1.82, 2.24) is 15.2 Å². The fourth-order valence-corrected chi connectivity index (χ4v) is 4.01. The van der Waals surface area contributed by atoms with E-state index in [4.69, 9.17) is 0 Å². The summed E-state index contributed by atoms with van der Waals surface area (Å²) in [6, 6.07) is 12.4. The Bertz CT molecular complexity index is 776. The number of aromatic nitrogens is 1. The first-order valence-corrected chi connectivity index (χ1v) is 9.22. The number of hydrogen-bond acceptors (Lipinski definition) is 7. The smallest absolute Gasteiger partial charge is 0.199 e. The molecule has 0 saturated carbocycles. The molecular weight excluding hydrogens is 326 g/mol. The Kier molecular flexibility index (Phi) is 4.23. The number of nitrogens with one attached hydrogen (secondary N) is 2. The maximum atomic E-state index is 4.57. The van der Waals surface area contributed by atoms with Gasteiger partial charge in [-0.1, -0.05) is 29.5 Å². The number of anilines is 1. The first-order chi connectivity index (χ1) is 11.4. The molecule has 2 N–H and O–H groups in total. The average Bonchev–Trinajstić information content (AvgIpc) is 3.23. The van der Waals surface area contributed by atoms with E-state index >= 15 is 0 Å². The predicted molar refractivity (Wildman–Crippen MR) is 98.3 cm³/mol. The van der Waals surface area contributed by atoms with Crippen LogP contribution in [-0.4, -0.2) is 35.7 Å². The molecule has 0 radical (unpaired) electrons. The zero-order valence-corrected chi connectivity index (χ0v) is 14.2. The highest BCUT2D eigenvalue weighted by Crippen LogP contribution is 2.25. The summed E-state index contributed by atoms with van der Waals surface area (Å²) in [7, 11) is 0. The largest absolute Gasteiger partial charge is 0.343 e. The second-order valence-electron chi connectivity index (χ2n) is 5.32. The van der Waals surface area contributed by atoms with Gasteiger partial charge in [-0.3, -0.25) is 4.90 Å². The topological polar surface area (TPSA) is 52.5 Å². The fourth-order valence-electron chi connectivity index (χ4n) is 2.45. The van der Waals surface area contributed by atoms with E-state index in [-0.39, 0.29) is 0 Å².